The Morgan fingerprint density at radius 1 is 1.25 bits per heavy atom. The fourth-order valence-corrected chi connectivity index (χ4v) is 3.71. The van der Waals surface area contributed by atoms with Crippen molar-refractivity contribution in [2.24, 2.45) is 0 Å². The molecule has 28 heavy (non-hydrogen) atoms. The molecule has 1 atom stereocenters. The summed E-state index contributed by atoms with van der Waals surface area (Å²) in [4.78, 5) is 14.5. The van der Waals surface area contributed by atoms with Crippen molar-refractivity contribution in [2.75, 3.05) is 20.3 Å². The molecule has 1 aromatic carbocycles. The maximum absolute atomic E-state index is 12.6. The Bertz CT molecular complexity index is 760. The average molecular weight is 387 g/mol. The van der Waals surface area contributed by atoms with Gasteiger partial charge in [-0.2, -0.15) is 0 Å². The second-order valence-electron chi connectivity index (χ2n) is 7.19. The summed E-state index contributed by atoms with van der Waals surface area (Å²) in [6.07, 6.45) is 6.03. The van der Waals surface area contributed by atoms with Gasteiger partial charge in [0.1, 0.15) is 5.75 Å². The Morgan fingerprint density at radius 2 is 2.07 bits per heavy atom. The Labute approximate surface area is 165 Å². The van der Waals surface area contributed by atoms with E-state index in [4.69, 9.17) is 9.15 Å². The second-order valence-corrected chi connectivity index (χ2v) is 7.19. The molecule has 3 rings (SSSR count). The third-order valence-electron chi connectivity index (χ3n) is 5.23. The molecule has 2 aromatic rings. The van der Waals surface area contributed by atoms with Crippen molar-refractivity contribution < 1.29 is 19.1 Å². The van der Waals surface area contributed by atoms with Crippen LogP contribution in [0.15, 0.2) is 28.7 Å². The summed E-state index contributed by atoms with van der Waals surface area (Å²) < 4.78 is 10.9. The summed E-state index contributed by atoms with van der Waals surface area (Å²) in [5.41, 5.74) is 1.15. The normalized spacial score (nSPS) is 16.9. The molecule has 1 saturated heterocycles. The molecule has 0 spiro atoms. The van der Waals surface area contributed by atoms with E-state index in [0.717, 1.165) is 43.5 Å². The first-order chi connectivity index (χ1) is 13.7. The highest BCUT2D eigenvalue weighted by Gasteiger charge is 2.26. The Balaban J connectivity index is 1.48. The number of piperidine rings is 1. The van der Waals surface area contributed by atoms with Crippen LogP contribution in [0, 0.1) is 0 Å². The summed E-state index contributed by atoms with van der Waals surface area (Å²) in [5.74, 6) is 2.03. The van der Waals surface area contributed by atoms with Crippen molar-refractivity contribution in [3.05, 3.63) is 41.6 Å². The van der Waals surface area contributed by atoms with Crippen LogP contribution in [0.25, 0.3) is 0 Å². The number of carbonyl (C=O) groups is 1. The highest BCUT2D eigenvalue weighted by atomic mass is 16.5. The topological polar surface area (TPSA) is 88.7 Å². The molecular formula is C21H29N3O4. The average Bonchev–Trinajstić information content (AvgIpc) is 3.19. The van der Waals surface area contributed by atoms with E-state index >= 15 is 0 Å². The maximum Gasteiger partial charge on any atom is 0.223 e. The van der Waals surface area contributed by atoms with E-state index in [9.17, 15) is 9.90 Å². The van der Waals surface area contributed by atoms with Crippen LogP contribution < -0.4 is 4.74 Å². The van der Waals surface area contributed by atoms with E-state index in [-0.39, 0.29) is 18.6 Å². The van der Waals surface area contributed by atoms with Crippen LogP contribution in [-0.4, -0.2) is 52.4 Å². The minimum absolute atomic E-state index is 0.106. The van der Waals surface area contributed by atoms with Crippen molar-refractivity contribution in [3.8, 4) is 5.75 Å². The van der Waals surface area contributed by atoms with Crippen LogP contribution in [-0.2, 0) is 24.1 Å². The maximum atomic E-state index is 12.6. The van der Waals surface area contributed by atoms with Gasteiger partial charge >= 0.3 is 0 Å². The van der Waals surface area contributed by atoms with E-state index in [0.29, 0.717) is 37.5 Å². The first-order valence-electron chi connectivity index (χ1n) is 10.0. The number of aliphatic hydroxyl groups is 1. The fourth-order valence-electron chi connectivity index (χ4n) is 3.71. The van der Waals surface area contributed by atoms with E-state index in [1.807, 2.05) is 29.2 Å². The highest BCUT2D eigenvalue weighted by molar-refractivity contribution is 5.76. The van der Waals surface area contributed by atoms with E-state index < -0.39 is 0 Å². The largest absolute Gasteiger partial charge is 0.497 e. The predicted molar refractivity (Wildman–Crippen MR) is 104 cm³/mol. The van der Waals surface area contributed by atoms with Crippen LogP contribution in [0.5, 0.6) is 5.75 Å². The minimum atomic E-state index is 0.106. The van der Waals surface area contributed by atoms with Crippen LogP contribution in [0.2, 0.25) is 0 Å². The van der Waals surface area contributed by atoms with Crippen molar-refractivity contribution in [2.45, 2.75) is 57.4 Å². The van der Waals surface area contributed by atoms with Gasteiger partial charge in [-0.25, -0.2) is 0 Å². The second kappa shape index (κ2) is 10.2. The Hall–Kier alpha value is -2.41. The zero-order valence-corrected chi connectivity index (χ0v) is 16.5. The summed E-state index contributed by atoms with van der Waals surface area (Å²) in [5, 5.41) is 17.4. The van der Waals surface area contributed by atoms with Gasteiger partial charge in [0.2, 0.25) is 17.7 Å². The molecular weight excluding hydrogens is 358 g/mol. The molecule has 1 fully saturated rings. The predicted octanol–water partition coefficient (Wildman–Crippen LogP) is 2.56. The molecule has 1 aliphatic rings. The molecule has 0 bridgehead atoms. The molecule has 2 heterocycles. The Kier molecular flexibility index (Phi) is 7.42. The van der Waals surface area contributed by atoms with Crippen LogP contribution >= 0.6 is 0 Å². The summed E-state index contributed by atoms with van der Waals surface area (Å²) in [6.45, 7) is 0.897. The number of benzene rings is 1. The van der Waals surface area contributed by atoms with E-state index in [1.54, 1.807) is 7.11 Å². The molecule has 7 nitrogen and oxygen atoms in total. The number of hydrogen-bond donors (Lipinski definition) is 1. The van der Waals surface area contributed by atoms with Gasteiger partial charge in [-0.15, -0.1) is 10.2 Å². The summed E-state index contributed by atoms with van der Waals surface area (Å²) in [6, 6.07) is 8.08. The SMILES string of the molecule is COc1cccc(CCc2nnc(CCC(=O)N3CCCC[C@H]3CCO)o2)c1. The molecule has 0 radical (unpaired) electrons. The number of rotatable bonds is 9. The molecule has 1 N–H and O–H groups in total. The summed E-state index contributed by atoms with van der Waals surface area (Å²) >= 11 is 0. The van der Waals surface area contributed by atoms with Crippen molar-refractivity contribution in [1.29, 1.82) is 0 Å². The van der Waals surface area contributed by atoms with Crippen LogP contribution in [0.1, 0.15) is 49.4 Å². The first kappa shape index (κ1) is 20.3. The molecule has 1 amide bonds. The number of aromatic nitrogens is 2. The zero-order chi connectivity index (χ0) is 19.8. The molecule has 0 unspecified atom stereocenters. The van der Waals surface area contributed by atoms with Gasteiger partial charge in [-0.1, -0.05) is 12.1 Å². The number of hydrogen-bond acceptors (Lipinski definition) is 6. The lowest BCUT2D eigenvalue weighted by molar-refractivity contribution is -0.135. The number of likely N-dealkylation sites (tertiary alicyclic amines) is 1. The lowest BCUT2D eigenvalue weighted by atomic mass is 9.99. The van der Waals surface area contributed by atoms with Crippen molar-refractivity contribution >= 4 is 5.91 Å². The third kappa shape index (κ3) is 5.55. The number of methoxy groups -OCH3 is 1. The highest BCUT2D eigenvalue weighted by Crippen LogP contribution is 2.21. The van der Waals surface area contributed by atoms with Gasteiger partial charge in [-0.05, 0) is 49.8 Å². The van der Waals surface area contributed by atoms with Crippen LogP contribution in [0.3, 0.4) is 0 Å². The third-order valence-corrected chi connectivity index (χ3v) is 5.23. The van der Waals surface area contributed by atoms with Gasteiger partial charge in [-0.3, -0.25) is 4.79 Å². The number of aryl methyl sites for hydroxylation is 3. The molecule has 152 valence electrons. The lowest BCUT2D eigenvalue weighted by Crippen LogP contribution is -2.44. The number of nitrogens with zero attached hydrogens (tertiary/aromatic N) is 3. The quantitative estimate of drug-likeness (QED) is 0.711. The first-order valence-corrected chi connectivity index (χ1v) is 10.0. The molecule has 0 saturated carbocycles. The van der Waals surface area contributed by atoms with Crippen molar-refractivity contribution in [1.82, 2.24) is 15.1 Å². The molecule has 7 heteroatoms. The van der Waals surface area contributed by atoms with Gasteiger partial charge in [0.15, 0.2) is 0 Å². The van der Waals surface area contributed by atoms with E-state index in [2.05, 4.69) is 10.2 Å². The van der Waals surface area contributed by atoms with Gasteiger partial charge < -0.3 is 19.2 Å². The van der Waals surface area contributed by atoms with Gasteiger partial charge in [0.25, 0.3) is 0 Å². The number of carbonyl (C=O) groups excluding carboxylic acids is 1. The van der Waals surface area contributed by atoms with Crippen molar-refractivity contribution in [3.63, 3.8) is 0 Å². The smallest absolute Gasteiger partial charge is 0.223 e. The fraction of sp³-hybridized carbons (Fsp3) is 0.571. The summed E-state index contributed by atoms with van der Waals surface area (Å²) in [7, 11) is 1.65. The monoisotopic (exact) mass is 387 g/mol. The van der Waals surface area contributed by atoms with Gasteiger partial charge in [0.05, 0.1) is 7.11 Å². The van der Waals surface area contributed by atoms with Gasteiger partial charge in [0, 0.05) is 38.5 Å². The number of amides is 1. The lowest BCUT2D eigenvalue weighted by Gasteiger charge is -2.35. The zero-order valence-electron chi connectivity index (χ0n) is 16.5. The van der Waals surface area contributed by atoms with E-state index in [1.165, 1.54) is 0 Å². The number of ether oxygens (including phenoxy) is 1. The molecule has 0 aliphatic carbocycles. The van der Waals surface area contributed by atoms with Crippen LogP contribution in [0.4, 0.5) is 0 Å². The Morgan fingerprint density at radius 3 is 2.86 bits per heavy atom. The minimum Gasteiger partial charge on any atom is -0.497 e. The standard InChI is InChI=1S/C21H29N3O4/c1-27-18-7-4-5-16(15-18)8-9-19-22-23-20(28-19)10-11-21(26)24-13-3-2-6-17(24)12-14-25/h4-5,7,15,17,25H,2-3,6,8-14H2,1H3/t17-/m0/s1. The molecule has 1 aliphatic heterocycles. The number of aliphatic hydroxyl groups excluding tert-OH is 1. The molecule has 1 aromatic heterocycles.